The second-order valence-electron chi connectivity index (χ2n) is 5.55. The number of nitrogens with zero attached hydrogens (tertiary/aromatic N) is 2. The first kappa shape index (κ1) is 17.3. The molecule has 8 heteroatoms. The Balaban J connectivity index is 1.88. The third kappa shape index (κ3) is 3.21. The molecule has 0 spiro atoms. The van der Waals surface area contributed by atoms with Gasteiger partial charge in [-0.05, 0) is 25.1 Å². The summed E-state index contributed by atoms with van der Waals surface area (Å²) >= 11 is 0.874. The number of fused-ring (bicyclic) bond motifs is 1. The third-order valence-electron chi connectivity index (χ3n) is 4.06. The smallest absolute Gasteiger partial charge is 0.272 e. The van der Waals surface area contributed by atoms with Crippen LogP contribution in [0.2, 0.25) is 0 Å². The van der Waals surface area contributed by atoms with Gasteiger partial charge in [0, 0.05) is 24.5 Å². The van der Waals surface area contributed by atoms with Crippen molar-refractivity contribution in [2.24, 2.45) is 7.05 Å². The number of imidazole rings is 1. The number of rotatable bonds is 5. The molecule has 1 N–H and O–H groups in total. The Morgan fingerprint density at radius 2 is 2.20 bits per heavy atom. The number of thiophene rings is 1. The van der Waals surface area contributed by atoms with Crippen molar-refractivity contribution in [3.8, 4) is 5.75 Å². The van der Waals surface area contributed by atoms with Crippen LogP contribution in [0.5, 0.6) is 5.75 Å². The highest BCUT2D eigenvalue weighted by Gasteiger charge is 2.17. The van der Waals surface area contributed by atoms with Gasteiger partial charge in [0.05, 0.1) is 28.6 Å². The van der Waals surface area contributed by atoms with Gasteiger partial charge in [0.25, 0.3) is 12.3 Å². The van der Waals surface area contributed by atoms with Crippen LogP contribution in [0.4, 0.5) is 8.78 Å². The van der Waals surface area contributed by atoms with Crippen LogP contribution in [0.1, 0.15) is 33.0 Å². The maximum absolute atomic E-state index is 12.7. The largest absolute Gasteiger partial charge is 0.496 e. The Kier molecular flexibility index (Phi) is 4.71. The number of carbonyl (C=O) groups is 1. The summed E-state index contributed by atoms with van der Waals surface area (Å²) in [7, 11) is 3.45. The molecule has 1 amide bonds. The van der Waals surface area contributed by atoms with E-state index in [1.54, 1.807) is 13.2 Å². The van der Waals surface area contributed by atoms with Gasteiger partial charge in [-0.15, -0.1) is 11.3 Å². The van der Waals surface area contributed by atoms with Crippen molar-refractivity contribution in [1.29, 1.82) is 0 Å². The predicted octanol–water partition coefficient (Wildman–Crippen LogP) is 3.82. The van der Waals surface area contributed by atoms with Crippen LogP contribution in [0.15, 0.2) is 23.6 Å². The molecule has 0 unspecified atom stereocenters. The normalized spacial score (nSPS) is 11.3. The van der Waals surface area contributed by atoms with E-state index in [2.05, 4.69) is 10.3 Å². The number of nitrogens with one attached hydrogen (secondary N) is 1. The van der Waals surface area contributed by atoms with Crippen LogP contribution in [-0.2, 0) is 13.6 Å². The number of alkyl halides is 2. The Morgan fingerprint density at radius 3 is 2.84 bits per heavy atom. The number of ether oxygens (including phenoxy) is 1. The lowest BCUT2D eigenvalue weighted by molar-refractivity contribution is 0.0951. The molecule has 0 saturated heterocycles. The molecule has 3 aromatic rings. The van der Waals surface area contributed by atoms with Crippen LogP contribution >= 0.6 is 11.3 Å². The standard InChI is InChI=1S/C17H17F2N3O2S/c1-9-21-12-4-5-13(24-3)11(15(12)22(9)2)7-20-17(23)10-6-14(16(18)19)25-8-10/h4-6,8,16H,7H2,1-3H3,(H,20,23). The zero-order valence-electron chi connectivity index (χ0n) is 14.0. The van der Waals surface area contributed by atoms with Gasteiger partial charge in [-0.25, -0.2) is 13.8 Å². The number of aromatic nitrogens is 2. The Morgan fingerprint density at radius 1 is 1.44 bits per heavy atom. The lowest BCUT2D eigenvalue weighted by atomic mass is 10.1. The van der Waals surface area contributed by atoms with E-state index in [0.29, 0.717) is 5.75 Å². The molecule has 0 fully saturated rings. The summed E-state index contributed by atoms with van der Waals surface area (Å²) in [5.41, 5.74) is 2.70. The second-order valence-corrected chi connectivity index (χ2v) is 6.50. The fourth-order valence-corrected chi connectivity index (χ4v) is 3.44. The summed E-state index contributed by atoms with van der Waals surface area (Å²) in [6.45, 7) is 2.10. The molecule has 3 rings (SSSR count). The van der Waals surface area contributed by atoms with Crippen LogP contribution in [0, 0.1) is 6.92 Å². The van der Waals surface area contributed by atoms with E-state index in [1.165, 1.54) is 11.4 Å². The van der Waals surface area contributed by atoms with E-state index < -0.39 is 12.3 Å². The van der Waals surface area contributed by atoms with Crippen LogP contribution in [0.25, 0.3) is 11.0 Å². The van der Waals surface area contributed by atoms with E-state index in [4.69, 9.17) is 4.74 Å². The van der Waals surface area contributed by atoms with Gasteiger partial charge in [0.15, 0.2) is 0 Å². The molecule has 132 valence electrons. The summed E-state index contributed by atoms with van der Waals surface area (Å²) in [4.78, 5) is 16.6. The maximum Gasteiger partial charge on any atom is 0.272 e. The molecule has 2 heterocycles. The van der Waals surface area contributed by atoms with Crippen LogP contribution in [-0.4, -0.2) is 22.6 Å². The molecule has 1 aromatic carbocycles. The van der Waals surface area contributed by atoms with Crippen molar-refractivity contribution in [3.63, 3.8) is 0 Å². The van der Waals surface area contributed by atoms with Crippen molar-refractivity contribution in [1.82, 2.24) is 14.9 Å². The minimum absolute atomic E-state index is 0.118. The maximum atomic E-state index is 12.7. The van der Waals surface area contributed by atoms with E-state index in [-0.39, 0.29) is 17.0 Å². The number of benzene rings is 1. The molecule has 0 aliphatic rings. The van der Waals surface area contributed by atoms with Gasteiger partial charge in [0.1, 0.15) is 11.6 Å². The van der Waals surface area contributed by atoms with Crippen molar-refractivity contribution in [2.45, 2.75) is 19.9 Å². The van der Waals surface area contributed by atoms with Crippen LogP contribution < -0.4 is 10.1 Å². The zero-order valence-corrected chi connectivity index (χ0v) is 14.8. The summed E-state index contributed by atoms with van der Waals surface area (Å²) in [6.07, 6.45) is -2.57. The monoisotopic (exact) mass is 365 g/mol. The minimum atomic E-state index is -2.57. The highest BCUT2D eigenvalue weighted by Crippen LogP contribution is 2.29. The minimum Gasteiger partial charge on any atom is -0.496 e. The van der Waals surface area contributed by atoms with Crippen molar-refractivity contribution < 1.29 is 18.3 Å². The second kappa shape index (κ2) is 6.79. The number of hydrogen-bond acceptors (Lipinski definition) is 4. The summed E-state index contributed by atoms with van der Waals surface area (Å²) in [5.74, 6) is 1.07. The van der Waals surface area contributed by atoms with Crippen molar-refractivity contribution in [3.05, 3.63) is 45.4 Å². The Hall–Kier alpha value is -2.48. The molecule has 25 heavy (non-hydrogen) atoms. The Bertz CT molecular complexity index is 934. The molecule has 0 atom stereocenters. The molecular weight excluding hydrogens is 348 g/mol. The molecule has 5 nitrogen and oxygen atoms in total. The van der Waals surface area contributed by atoms with Gasteiger partial charge in [-0.3, -0.25) is 4.79 Å². The van der Waals surface area contributed by atoms with E-state index in [9.17, 15) is 13.6 Å². The predicted molar refractivity (Wildman–Crippen MR) is 92.4 cm³/mol. The third-order valence-corrected chi connectivity index (χ3v) is 5.00. The summed E-state index contributed by atoms with van der Waals surface area (Å²) in [6, 6.07) is 4.88. The van der Waals surface area contributed by atoms with Gasteiger partial charge in [-0.2, -0.15) is 0 Å². The van der Waals surface area contributed by atoms with E-state index in [0.717, 1.165) is 33.8 Å². The Labute approximate surface area is 147 Å². The lowest BCUT2D eigenvalue weighted by Crippen LogP contribution is -2.23. The van der Waals surface area contributed by atoms with E-state index >= 15 is 0 Å². The number of carbonyl (C=O) groups excluding carboxylic acids is 1. The first-order valence-corrected chi connectivity index (χ1v) is 8.44. The average Bonchev–Trinajstić information content (AvgIpc) is 3.18. The number of aryl methyl sites for hydroxylation is 2. The van der Waals surface area contributed by atoms with Gasteiger partial charge < -0.3 is 14.6 Å². The topological polar surface area (TPSA) is 56.1 Å². The highest BCUT2D eigenvalue weighted by atomic mass is 32.1. The summed E-state index contributed by atoms with van der Waals surface area (Å²) in [5, 5.41) is 4.21. The summed E-state index contributed by atoms with van der Waals surface area (Å²) < 4.78 is 32.7. The zero-order chi connectivity index (χ0) is 18.1. The average molecular weight is 365 g/mol. The molecule has 0 aliphatic heterocycles. The van der Waals surface area contributed by atoms with Gasteiger partial charge >= 0.3 is 0 Å². The number of halogens is 2. The molecule has 2 aromatic heterocycles. The fourth-order valence-electron chi connectivity index (χ4n) is 2.70. The highest BCUT2D eigenvalue weighted by molar-refractivity contribution is 7.10. The first-order chi connectivity index (χ1) is 11.9. The molecule has 0 radical (unpaired) electrons. The molecule has 0 bridgehead atoms. The van der Waals surface area contributed by atoms with E-state index in [1.807, 2.05) is 24.6 Å². The SMILES string of the molecule is COc1ccc2nc(C)n(C)c2c1CNC(=O)c1csc(C(F)F)c1. The fraction of sp³-hybridized carbons (Fsp3) is 0.294. The number of methoxy groups -OCH3 is 1. The first-order valence-electron chi connectivity index (χ1n) is 7.56. The van der Waals surface area contributed by atoms with Crippen molar-refractivity contribution >= 4 is 28.3 Å². The number of amides is 1. The molecule has 0 saturated carbocycles. The molecule has 0 aliphatic carbocycles. The number of hydrogen-bond donors (Lipinski definition) is 1. The van der Waals surface area contributed by atoms with Gasteiger partial charge in [0.2, 0.25) is 0 Å². The molecular formula is C17H17F2N3O2S. The quantitative estimate of drug-likeness (QED) is 0.748. The lowest BCUT2D eigenvalue weighted by Gasteiger charge is -2.12. The van der Waals surface area contributed by atoms with Gasteiger partial charge in [-0.1, -0.05) is 0 Å². The van der Waals surface area contributed by atoms with Crippen molar-refractivity contribution in [2.75, 3.05) is 7.11 Å². The van der Waals surface area contributed by atoms with Crippen LogP contribution in [0.3, 0.4) is 0 Å².